The van der Waals surface area contributed by atoms with E-state index in [0.717, 1.165) is 45.3 Å². The van der Waals surface area contributed by atoms with Gasteiger partial charge in [-0.2, -0.15) is 0 Å². The molecular formula is C18H29N3O. The molecule has 4 heteroatoms. The van der Waals surface area contributed by atoms with Gasteiger partial charge in [-0.1, -0.05) is 12.8 Å². The van der Waals surface area contributed by atoms with Crippen molar-refractivity contribution in [2.45, 2.75) is 75.9 Å². The van der Waals surface area contributed by atoms with Crippen LogP contribution in [-0.4, -0.2) is 59.2 Å². The number of hydrogen-bond acceptors (Lipinski definition) is 3. The topological polar surface area (TPSA) is 35.9 Å². The molecule has 0 aromatic carbocycles. The van der Waals surface area contributed by atoms with Gasteiger partial charge < -0.3 is 4.90 Å². The second-order valence-corrected chi connectivity index (χ2v) is 7.98. The van der Waals surface area contributed by atoms with Gasteiger partial charge in [-0.3, -0.25) is 14.7 Å². The number of carbonyl (C=O) groups excluding carboxylic acids is 1. The first-order valence-corrected chi connectivity index (χ1v) is 9.24. The Hall–Kier alpha value is -0.900. The van der Waals surface area contributed by atoms with Crippen LogP contribution in [-0.2, 0) is 4.79 Å². The summed E-state index contributed by atoms with van der Waals surface area (Å²) < 4.78 is 0. The highest BCUT2D eigenvalue weighted by Crippen LogP contribution is 2.40. The quantitative estimate of drug-likeness (QED) is 0.785. The molecule has 3 heterocycles. The molecule has 4 nitrogen and oxygen atoms in total. The Kier molecular flexibility index (Phi) is 3.75. The Morgan fingerprint density at radius 2 is 1.95 bits per heavy atom. The lowest BCUT2D eigenvalue weighted by Crippen LogP contribution is -2.55. The number of fused-ring (bicyclic) bond motifs is 1. The summed E-state index contributed by atoms with van der Waals surface area (Å²) in [4.78, 5) is 21.9. The molecule has 1 unspecified atom stereocenters. The largest absolute Gasteiger partial charge is 0.336 e. The molecule has 122 valence electrons. The molecule has 0 aromatic rings. The van der Waals surface area contributed by atoms with Gasteiger partial charge in [0, 0.05) is 44.4 Å². The van der Waals surface area contributed by atoms with E-state index in [0.29, 0.717) is 23.9 Å². The second-order valence-electron chi connectivity index (χ2n) is 7.98. The van der Waals surface area contributed by atoms with Crippen molar-refractivity contribution in [1.29, 1.82) is 0 Å². The summed E-state index contributed by atoms with van der Waals surface area (Å²) >= 11 is 0. The third-order valence-electron chi connectivity index (χ3n) is 6.65. The van der Waals surface area contributed by atoms with E-state index in [1.54, 1.807) is 0 Å². The van der Waals surface area contributed by atoms with Crippen molar-refractivity contribution in [2.75, 3.05) is 19.6 Å². The molecule has 2 saturated heterocycles. The summed E-state index contributed by atoms with van der Waals surface area (Å²) in [6.45, 7) is 5.54. The van der Waals surface area contributed by atoms with Crippen molar-refractivity contribution in [3.8, 4) is 0 Å². The lowest BCUT2D eigenvalue weighted by Gasteiger charge is -2.45. The van der Waals surface area contributed by atoms with Gasteiger partial charge >= 0.3 is 0 Å². The van der Waals surface area contributed by atoms with Gasteiger partial charge in [0.2, 0.25) is 5.91 Å². The van der Waals surface area contributed by atoms with Crippen molar-refractivity contribution >= 4 is 12.1 Å². The van der Waals surface area contributed by atoms with Crippen LogP contribution in [0.4, 0.5) is 0 Å². The summed E-state index contributed by atoms with van der Waals surface area (Å²) in [6.07, 6.45) is 11.6. The summed E-state index contributed by atoms with van der Waals surface area (Å²) in [5, 5.41) is 0. The van der Waals surface area contributed by atoms with Gasteiger partial charge in [0.25, 0.3) is 0 Å². The molecule has 1 amide bonds. The summed E-state index contributed by atoms with van der Waals surface area (Å²) in [7, 11) is 0. The van der Waals surface area contributed by atoms with Crippen LogP contribution >= 0.6 is 0 Å². The predicted octanol–water partition coefficient (Wildman–Crippen LogP) is 2.48. The third-order valence-corrected chi connectivity index (χ3v) is 6.65. The highest BCUT2D eigenvalue weighted by atomic mass is 16.2. The van der Waals surface area contributed by atoms with Crippen LogP contribution in [0.5, 0.6) is 0 Å². The highest BCUT2D eigenvalue weighted by Gasteiger charge is 2.45. The van der Waals surface area contributed by atoms with Gasteiger partial charge in [0.05, 0.1) is 5.54 Å². The molecule has 1 saturated carbocycles. The Labute approximate surface area is 133 Å². The number of aliphatic imine (C=N–C) groups is 1. The van der Waals surface area contributed by atoms with Gasteiger partial charge in [0.1, 0.15) is 0 Å². The van der Waals surface area contributed by atoms with Crippen molar-refractivity contribution in [1.82, 2.24) is 9.80 Å². The minimum Gasteiger partial charge on any atom is -0.336 e. The molecule has 4 aliphatic rings. The van der Waals surface area contributed by atoms with Crippen molar-refractivity contribution < 1.29 is 4.79 Å². The van der Waals surface area contributed by atoms with Crippen LogP contribution in [0.3, 0.4) is 0 Å². The molecule has 0 spiro atoms. The van der Waals surface area contributed by atoms with E-state index in [2.05, 4.69) is 27.9 Å². The van der Waals surface area contributed by atoms with E-state index in [9.17, 15) is 4.79 Å². The van der Waals surface area contributed by atoms with E-state index in [4.69, 9.17) is 0 Å². The first kappa shape index (κ1) is 14.7. The lowest BCUT2D eigenvalue weighted by molar-refractivity contribution is -0.132. The Bertz CT molecular complexity index is 469. The van der Waals surface area contributed by atoms with E-state index in [1.165, 1.54) is 25.7 Å². The summed E-state index contributed by atoms with van der Waals surface area (Å²) in [5.41, 5.74) is 0.174. The first-order valence-electron chi connectivity index (χ1n) is 9.24. The zero-order valence-corrected chi connectivity index (χ0v) is 13.8. The fourth-order valence-corrected chi connectivity index (χ4v) is 5.29. The molecule has 0 radical (unpaired) electrons. The van der Waals surface area contributed by atoms with Gasteiger partial charge in [-0.05, 0) is 44.9 Å². The number of amides is 1. The maximum atomic E-state index is 12.5. The monoisotopic (exact) mass is 303 g/mol. The number of likely N-dealkylation sites (tertiary alicyclic amines) is 2. The fraction of sp³-hybridized carbons (Fsp3) is 0.889. The molecule has 0 bridgehead atoms. The van der Waals surface area contributed by atoms with Crippen molar-refractivity contribution in [3.63, 3.8) is 0 Å². The van der Waals surface area contributed by atoms with Gasteiger partial charge in [0.15, 0.2) is 0 Å². The maximum Gasteiger partial charge on any atom is 0.223 e. The molecule has 3 fully saturated rings. The minimum atomic E-state index is 0.174. The maximum absolute atomic E-state index is 12.5. The van der Waals surface area contributed by atoms with E-state index in [1.807, 2.05) is 0 Å². The predicted molar refractivity (Wildman–Crippen MR) is 88.2 cm³/mol. The SMILES string of the molecule is CC1(N2CCC(N3C(=O)C[C@H]4CCCC[C@@H]43)CC2)C=NCC1. The molecule has 3 atom stereocenters. The summed E-state index contributed by atoms with van der Waals surface area (Å²) in [5.74, 6) is 1.11. The Morgan fingerprint density at radius 1 is 1.18 bits per heavy atom. The van der Waals surface area contributed by atoms with Crippen LogP contribution in [0.2, 0.25) is 0 Å². The number of hydrogen-bond donors (Lipinski definition) is 0. The number of rotatable bonds is 2. The van der Waals surface area contributed by atoms with Gasteiger partial charge in [-0.15, -0.1) is 0 Å². The normalized spacial score (nSPS) is 40.4. The zero-order chi connectivity index (χ0) is 15.2. The van der Waals surface area contributed by atoms with E-state index in [-0.39, 0.29) is 5.54 Å². The second kappa shape index (κ2) is 5.63. The fourth-order valence-electron chi connectivity index (χ4n) is 5.29. The Morgan fingerprint density at radius 3 is 2.68 bits per heavy atom. The number of nitrogens with zero attached hydrogens (tertiary/aromatic N) is 3. The summed E-state index contributed by atoms with van der Waals surface area (Å²) in [6, 6.07) is 1.07. The van der Waals surface area contributed by atoms with Crippen LogP contribution in [0.15, 0.2) is 4.99 Å². The standard InChI is InChI=1S/C18H29N3O/c1-18(8-9-19-13-18)20-10-6-15(7-11-20)21-16-5-3-2-4-14(16)12-17(21)22/h13-16H,2-12H2,1H3/t14-,16+,18?/m1/s1. The van der Waals surface area contributed by atoms with Gasteiger partial charge in [-0.25, -0.2) is 0 Å². The van der Waals surface area contributed by atoms with E-state index < -0.39 is 0 Å². The van der Waals surface area contributed by atoms with Crippen molar-refractivity contribution in [2.24, 2.45) is 10.9 Å². The van der Waals surface area contributed by atoms with Crippen LogP contribution in [0, 0.1) is 5.92 Å². The smallest absolute Gasteiger partial charge is 0.223 e. The van der Waals surface area contributed by atoms with Crippen LogP contribution in [0.1, 0.15) is 58.3 Å². The van der Waals surface area contributed by atoms with E-state index >= 15 is 0 Å². The minimum absolute atomic E-state index is 0.174. The van der Waals surface area contributed by atoms with Crippen LogP contribution < -0.4 is 0 Å². The highest BCUT2D eigenvalue weighted by molar-refractivity contribution is 5.79. The number of piperidine rings is 1. The van der Waals surface area contributed by atoms with Crippen LogP contribution in [0.25, 0.3) is 0 Å². The number of carbonyl (C=O) groups is 1. The molecular weight excluding hydrogens is 274 g/mol. The Balaban J connectivity index is 1.41. The average Bonchev–Trinajstić information content (AvgIpc) is 3.11. The molecule has 0 aromatic heterocycles. The molecule has 1 aliphatic carbocycles. The zero-order valence-electron chi connectivity index (χ0n) is 13.8. The first-order chi connectivity index (χ1) is 10.7. The molecule has 0 N–H and O–H groups in total. The molecule has 3 aliphatic heterocycles. The molecule has 4 rings (SSSR count). The lowest BCUT2D eigenvalue weighted by atomic mass is 9.84. The third kappa shape index (κ3) is 2.40. The molecule has 22 heavy (non-hydrogen) atoms. The van der Waals surface area contributed by atoms with Crippen molar-refractivity contribution in [3.05, 3.63) is 0 Å². The average molecular weight is 303 g/mol.